The molecule has 9 heteroatoms. The zero-order chi connectivity index (χ0) is 20.3. The predicted molar refractivity (Wildman–Crippen MR) is 90.1 cm³/mol. The van der Waals surface area contributed by atoms with Crippen molar-refractivity contribution in [1.82, 2.24) is 4.98 Å². The molecule has 152 valence electrons. The normalized spacial score (nSPS) is 21.6. The first-order valence-corrected chi connectivity index (χ1v) is 8.91. The molecular weight excluding hydrogens is 379 g/mol. The third kappa shape index (κ3) is 4.59. The van der Waals surface area contributed by atoms with Crippen molar-refractivity contribution < 1.29 is 37.0 Å². The van der Waals surface area contributed by atoms with Gasteiger partial charge in [-0.15, -0.1) is 0 Å². The van der Waals surface area contributed by atoms with Crippen molar-refractivity contribution in [3.63, 3.8) is 0 Å². The number of carbonyl (C=O) groups excluding carboxylic acids is 2. The third-order valence-corrected chi connectivity index (χ3v) is 4.89. The monoisotopic (exact) mass is 399 g/mol. The van der Waals surface area contributed by atoms with E-state index < -0.39 is 17.8 Å². The molecule has 0 aromatic carbocycles. The summed E-state index contributed by atoms with van der Waals surface area (Å²) in [5, 5.41) is 0. The summed E-state index contributed by atoms with van der Waals surface area (Å²) in [7, 11) is 1.46. The van der Waals surface area contributed by atoms with Gasteiger partial charge in [0.05, 0.1) is 31.1 Å². The van der Waals surface area contributed by atoms with Crippen molar-refractivity contribution in [1.29, 1.82) is 0 Å². The summed E-state index contributed by atoms with van der Waals surface area (Å²) in [5.74, 6) is -0.698. The molecule has 2 unspecified atom stereocenters. The first kappa shape index (κ1) is 20.5. The predicted octanol–water partition coefficient (Wildman–Crippen LogP) is 3.30. The number of hydrogen-bond acceptors (Lipinski definition) is 6. The SMILES string of the molecule is COCCOCc1nc(C(F)(F)F)ccc1C(=O)OC1=CC(=O)C2CCC1C2. The van der Waals surface area contributed by atoms with Crippen LogP contribution in [0.25, 0.3) is 0 Å². The number of esters is 1. The minimum Gasteiger partial charge on any atom is -0.427 e. The standard InChI is InChI=1S/C19H20F3NO5/c1-26-6-7-27-10-14-13(4-5-17(23-14)19(20,21)22)18(25)28-16-9-15(24)11-2-3-12(16)8-11/h4-5,9,11-12H,2-3,6-8,10H2,1H3. The van der Waals surface area contributed by atoms with Crippen molar-refractivity contribution in [2.24, 2.45) is 11.8 Å². The van der Waals surface area contributed by atoms with E-state index in [9.17, 15) is 22.8 Å². The maximum atomic E-state index is 13.0. The van der Waals surface area contributed by atoms with Crippen molar-refractivity contribution in [3.05, 3.63) is 40.9 Å². The Kier molecular flexibility index (Phi) is 6.14. The molecule has 1 fully saturated rings. The van der Waals surface area contributed by atoms with Crippen LogP contribution >= 0.6 is 0 Å². The number of fused-ring (bicyclic) bond motifs is 2. The van der Waals surface area contributed by atoms with E-state index in [2.05, 4.69) is 4.98 Å². The van der Waals surface area contributed by atoms with Gasteiger partial charge in [0.25, 0.3) is 0 Å². The lowest BCUT2D eigenvalue weighted by Crippen LogP contribution is -2.21. The second-order valence-electron chi connectivity index (χ2n) is 6.78. The first-order valence-electron chi connectivity index (χ1n) is 8.91. The molecule has 0 radical (unpaired) electrons. The summed E-state index contributed by atoms with van der Waals surface area (Å²) in [6, 6.07) is 1.75. The van der Waals surface area contributed by atoms with Gasteiger partial charge in [0, 0.05) is 25.0 Å². The lowest BCUT2D eigenvalue weighted by Gasteiger charge is -2.20. The maximum Gasteiger partial charge on any atom is 0.433 e. The Morgan fingerprint density at radius 3 is 2.68 bits per heavy atom. The van der Waals surface area contributed by atoms with E-state index in [-0.39, 0.29) is 54.5 Å². The van der Waals surface area contributed by atoms with E-state index in [1.54, 1.807) is 0 Å². The van der Waals surface area contributed by atoms with Crippen LogP contribution in [0.5, 0.6) is 0 Å². The van der Waals surface area contributed by atoms with Crippen LogP contribution in [0.4, 0.5) is 13.2 Å². The van der Waals surface area contributed by atoms with Crippen molar-refractivity contribution in [2.45, 2.75) is 32.0 Å². The molecular formula is C19H20F3NO5. The van der Waals surface area contributed by atoms with Gasteiger partial charge in [-0.3, -0.25) is 4.79 Å². The van der Waals surface area contributed by atoms with E-state index in [0.29, 0.717) is 6.42 Å². The number of carbonyl (C=O) groups is 2. The fraction of sp³-hybridized carbons (Fsp3) is 0.526. The third-order valence-electron chi connectivity index (χ3n) is 4.89. The molecule has 2 atom stereocenters. The van der Waals surface area contributed by atoms with Crippen molar-refractivity contribution in [2.75, 3.05) is 20.3 Å². The number of ketones is 1. The summed E-state index contributed by atoms with van der Waals surface area (Å²) in [5.41, 5.74) is -1.43. The summed E-state index contributed by atoms with van der Waals surface area (Å²) < 4.78 is 54.4. The van der Waals surface area contributed by atoms with Gasteiger partial charge in [-0.25, -0.2) is 9.78 Å². The summed E-state index contributed by atoms with van der Waals surface area (Å²) in [6.45, 7) is 0.0732. The maximum absolute atomic E-state index is 13.0. The Hall–Kier alpha value is -2.26. The van der Waals surface area contributed by atoms with Crippen LogP contribution < -0.4 is 0 Å². The zero-order valence-corrected chi connectivity index (χ0v) is 15.3. The number of pyridine rings is 1. The molecule has 0 amide bonds. The number of rotatable bonds is 7. The lowest BCUT2D eigenvalue weighted by atomic mass is 9.93. The number of ether oxygens (including phenoxy) is 3. The average molecular weight is 399 g/mol. The second-order valence-corrected chi connectivity index (χ2v) is 6.78. The molecule has 0 spiro atoms. The Labute approximate surface area is 159 Å². The minimum absolute atomic E-state index is 0.0181. The minimum atomic E-state index is -4.65. The Bertz CT molecular complexity index is 790. The highest BCUT2D eigenvalue weighted by Gasteiger charge is 2.38. The fourth-order valence-corrected chi connectivity index (χ4v) is 3.42. The van der Waals surface area contributed by atoms with Crippen LogP contribution in [-0.2, 0) is 31.8 Å². The average Bonchev–Trinajstić information content (AvgIpc) is 3.08. The van der Waals surface area contributed by atoms with Gasteiger partial charge in [-0.2, -0.15) is 13.2 Å². The van der Waals surface area contributed by atoms with Crippen LogP contribution in [0.2, 0.25) is 0 Å². The van der Waals surface area contributed by atoms with E-state index >= 15 is 0 Å². The zero-order valence-electron chi connectivity index (χ0n) is 15.3. The topological polar surface area (TPSA) is 74.7 Å². The van der Waals surface area contributed by atoms with Crippen molar-refractivity contribution >= 4 is 11.8 Å². The first-order chi connectivity index (χ1) is 13.3. The molecule has 1 aromatic rings. The van der Waals surface area contributed by atoms with Crippen LogP contribution in [0.1, 0.15) is 41.0 Å². The number of alkyl halides is 3. The van der Waals surface area contributed by atoms with E-state index in [0.717, 1.165) is 25.0 Å². The molecule has 2 bridgehead atoms. The van der Waals surface area contributed by atoms with Gasteiger partial charge in [-0.05, 0) is 31.4 Å². The molecule has 0 saturated heterocycles. The fourth-order valence-electron chi connectivity index (χ4n) is 3.42. The molecule has 1 heterocycles. The Morgan fingerprint density at radius 1 is 1.21 bits per heavy atom. The largest absolute Gasteiger partial charge is 0.433 e. The molecule has 3 rings (SSSR count). The van der Waals surface area contributed by atoms with Crippen LogP contribution in [0, 0.1) is 11.8 Å². The van der Waals surface area contributed by atoms with Crippen LogP contribution in [0.15, 0.2) is 24.0 Å². The van der Waals surface area contributed by atoms with Gasteiger partial charge >= 0.3 is 12.1 Å². The number of allylic oxidation sites excluding steroid dienone is 2. The highest BCUT2D eigenvalue weighted by Crippen LogP contribution is 2.41. The van der Waals surface area contributed by atoms with Gasteiger partial charge in [-0.1, -0.05) is 0 Å². The highest BCUT2D eigenvalue weighted by atomic mass is 19.4. The molecule has 6 nitrogen and oxygen atoms in total. The highest BCUT2D eigenvalue weighted by molar-refractivity contribution is 5.95. The van der Waals surface area contributed by atoms with Crippen LogP contribution in [-0.4, -0.2) is 37.1 Å². The van der Waals surface area contributed by atoms with Crippen molar-refractivity contribution in [3.8, 4) is 0 Å². The van der Waals surface area contributed by atoms with E-state index in [1.807, 2.05) is 0 Å². The number of nitrogens with zero attached hydrogens (tertiary/aromatic N) is 1. The van der Waals surface area contributed by atoms with Gasteiger partial charge in [0.1, 0.15) is 11.5 Å². The lowest BCUT2D eigenvalue weighted by molar-refractivity contribution is -0.141. The van der Waals surface area contributed by atoms with E-state index in [4.69, 9.17) is 14.2 Å². The van der Waals surface area contributed by atoms with Gasteiger partial charge < -0.3 is 14.2 Å². The molecule has 2 aliphatic rings. The van der Waals surface area contributed by atoms with Crippen LogP contribution in [0.3, 0.4) is 0 Å². The number of methoxy groups -OCH3 is 1. The summed E-state index contributed by atoms with van der Waals surface area (Å²) >= 11 is 0. The number of halogens is 3. The number of aromatic nitrogens is 1. The molecule has 1 aromatic heterocycles. The molecule has 28 heavy (non-hydrogen) atoms. The summed E-state index contributed by atoms with van der Waals surface area (Å²) in [6.07, 6.45) is -1.19. The molecule has 1 saturated carbocycles. The quantitative estimate of drug-likeness (QED) is 0.517. The summed E-state index contributed by atoms with van der Waals surface area (Å²) in [4.78, 5) is 28.1. The second kappa shape index (κ2) is 8.40. The van der Waals surface area contributed by atoms with E-state index in [1.165, 1.54) is 13.2 Å². The number of hydrogen-bond donors (Lipinski definition) is 0. The molecule has 0 N–H and O–H groups in total. The molecule has 0 aliphatic heterocycles. The van der Waals surface area contributed by atoms with Gasteiger partial charge in [0.15, 0.2) is 5.78 Å². The smallest absolute Gasteiger partial charge is 0.427 e. The molecule has 2 aliphatic carbocycles. The Balaban J connectivity index is 1.80. The Morgan fingerprint density at radius 2 is 1.96 bits per heavy atom. The van der Waals surface area contributed by atoms with Gasteiger partial charge in [0.2, 0.25) is 0 Å².